The van der Waals surface area contributed by atoms with Crippen LogP contribution in [0.5, 0.6) is 0 Å². The van der Waals surface area contributed by atoms with Crippen molar-refractivity contribution in [2.75, 3.05) is 51.1 Å². The molecule has 3 fully saturated rings. The second kappa shape index (κ2) is 10.9. The average molecular weight is 410 g/mol. The van der Waals surface area contributed by atoms with E-state index in [9.17, 15) is 4.79 Å². The summed E-state index contributed by atoms with van der Waals surface area (Å²) in [7, 11) is 0. The van der Waals surface area contributed by atoms with Crippen molar-refractivity contribution >= 4 is 11.7 Å². The minimum atomic E-state index is 0.0825. The molecule has 3 aliphatic rings. The fourth-order valence-corrected chi connectivity index (χ4v) is 4.73. The van der Waals surface area contributed by atoms with Gasteiger partial charge in [0, 0.05) is 30.1 Å². The molecule has 0 bridgehead atoms. The largest absolute Gasteiger partial charge is 0.317 e. The standard InChI is InChI=1S/C24H35N5O/c30-24(22-7-13-26-14-8-22)28-23-4-3-20(17-27-23)2-1-19-9-15-29(16-10-19)18-21-5-11-25-12-6-21/h3-4,17,19,21-22,25-26H,5-16,18H2,(H,27,28,30). The maximum Gasteiger partial charge on any atom is 0.228 e. The Bertz CT molecular complexity index is 733. The minimum Gasteiger partial charge on any atom is -0.317 e. The van der Waals surface area contributed by atoms with E-state index in [1.165, 1.54) is 45.6 Å². The van der Waals surface area contributed by atoms with Crippen molar-refractivity contribution in [1.82, 2.24) is 20.5 Å². The normalized spacial score (nSPS) is 22.3. The Balaban J connectivity index is 1.21. The first-order valence-corrected chi connectivity index (χ1v) is 11.7. The predicted octanol–water partition coefficient (Wildman–Crippen LogP) is 2.08. The number of aromatic nitrogens is 1. The zero-order chi connectivity index (χ0) is 20.6. The molecule has 0 saturated carbocycles. The number of anilines is 1. The van der Waals surface area contributed by atoms with E-state index in [2.05, 4.69) is 37.7 Å². The molecule has 0 aromatic carbocycles. The van der Waals surface area contributed by atoms with Crippen LogP contribution >= 0.6 is 0 Å². The van der Waals surface area contributed by atoms with E-state index < -0.39 is 0 Å². The van der Waals surface area contributed by atoms with Gasteiger partial charge in [0.15, 0.2) is 0 Å². The molecule has 3 saturated heterocycles. The maximum absolute atomic E-state index is 12.3. The molecule has 1 aromatic rings. The van der Waals surface area contributed by atoms with Gasteiger partial charge in [0.1, 0.15) is 5.82 Å². The molecule has 3 aliphatic heterocycles. The molecule has 6 nitrogen and oxygen atoms in total. The van der Waals surface area contributed by atoms with Gasteiger partial charge in [0.05, 0.1) is 0 Å². The van der Waals surface area contributed by atoms with Crippen LogP contribution in [-0.2, 0) is 4.79 Å². The van der Waals surface area contributed by atoms with Gasteiger partial charge in [-0.05, 0) is 95.8 Å². The number of likely N-dealkylation sites (tertiary alicyclic amines) is 1. The van der Waals surface area contributed by atoms with Crippen molar-refractivity contribution in [3.05, 3.63) is 23.9 Å². The zero-order valence-electron chi connectivity index (χ0n) is 18.0. The Morgan fingerprint density at radius 3 is 2.40 bits per heavy atom. The number of carbonyl (C=O) groups excluding carboxylic acids is 1. The van der Waals surface area contributed by atoms with Crippen LogP contribution in [0.25, 0.3) is 0 Å². The van der Waals surface area contributed by atoms with Gasteiger partial charge in [-0.25, -0.2) is 4.98 Å². The minimum absolute atomic E-state index is 0.0825. The summed E-state index contributed by atoms with van der Waals surface area (Å²) in [6, 6.07) is 3.83. The van der Waals surface area contributed by atoms with Crippen molar-refractivity contribution in [2.24, 2.45) is 17.8 Å². The average Bonchev–Trinajstić information content (AvgIpc) is 2.81. The van der Waals surface area contributed by atoms with Crippen molar-refractivity contribution in [1.29, 1.82) is 0 Å². The van der Waals surface area contributed by atoms with Crippen LogP contribution < -0.4 is 16.0 Å². The number of nitrogens with one attached hydrogen (secondary N) is 3. The molecule has 1 aromatic heterocycles. The number of carbonyl (C=O) groups is 1. The van der Waals surface area contributed by atoms with Gasteiger partial charge in [-0.3, -0.25) is 4.79 Å². The molecule has 0 atom stereocenters. The molecule has 30 heavy (non-hydrogen) atoms. The third kappa shape index (κ3) is 6.28. The highest BCUT2D eigenvalue weighted by molar-refractivity contribution is 5.91. The molecule has 1 amide bonds. The van der Waals surface area contributed by atoms with Gasteiger partial charge < -0.3 is 20.9 Å². The fourth-order valence-electron chi connectivity index (χ4n) is 4.73. The smallest absolute Gasteiger partial charge is 0.228 e. The van der Waals surface area contributed by atoms with Crippen LogP contribution in [0.3, 0.4) is 0 Å². The van der Waals surface area contributed by atoms with Gasteiger partial charge >= 0.3 is 0 Å². The van der Waals surface area contributed by atoms with E-state index in [-0.39, 0.29) is 11.8 Å². The monoisotopic (exact) mass is 409 g/mol. The highest BCUT2D eigenvalue weighted by Gasteiger charge is 2.22. The molecule has 0 radical (unpaired) electrons. The molecule has 0 unspecified atom stereocenters. The quantitative estimate of drug-likeness (QED) is 0.665. The number of hydrogen-bond acceptors (Lipinski definition) is 5. The topological polar surface area (TPSA) is 69.3 Å². The van der Waals surface area contributed by atoms with E-state index in [1.807, 2.05) is 12.1 Å². The molecular formula is C24H35N5O. The van der Waals surface area contributed by atoms with Crippen LogP contribution in [0, 0.1) is 29.6 Å². The number of nitrogens with zero attached hydrogens (tertiary/aromatic N) is 2. The lowest BCUT2D eigenvalue weighted by Gasteiger charge is -2.34. The molecule has 3 N–H and O–H groups in total. The van der Waals surface area contributed by atoms with Crippen molar-refractivity contribution in [3.63, 3.8) is 0 Å². The summed E-state index contributed by atoms with van der Waals surface area (Å²) in [5, 5.41) is 9.69. The zero-order valence-corrected chi connectivity index (χ0v) is 18.0. The van der Waals surface area contributed by atoms with Crippen LogP contribution in [0.4, 0.5) is 5.82 Å². The summed E-state index contributed by atoms with van der Waals surface area (Å²) in [6.07, 6.45) is 8.53. The second-order valence-electron chi connectivity index (χ2n) is 8.98. The molecule has 6 heteroatoms. The first-order chi connectivity index (χ1) is 14.8. The number of hydrogen-bond donors (Lipinski definition) is 3. The third-order valence-corrected chi connectivity index (χ3v) is 6.71. The lowest BCUT2D eigenvalue weighted by atomic mass is 9.93. The Morgan fingerprint density at radius 2 is 1.73 bits per heavy atom. The number of piperidine rings is 3. The van der Waals surface area contributed by atoms with Crippen molar-refractivity contribution < 1.29 is 4.79 Å². The molecule has 4 heterocycles. The SMILES string of the molecule is O=C(Nc1ccc(C#CC2CCN(CC3CCNCC3)CC2)cn1)C1CCNCC1. The Hall–Kier alpha value is -1.94. The van der Waals surface area contributed by atoms with Gasteiger partial charge in [0.25, 0.3) is 0 Å². The highest BCUT2D eigenvalue weighted by atomic mass is 16.1. The second-order valence-corrected chi connectivity index (χ2v) is 8.98. The number of rotatable bonds is 4. The van der Waals surface area contributed by atoms with E-state index in [4.69, 9.17) is 0 Å². The van der Waals surface area contributed by atoms with E-state index >= 15 is 0 Å². The summed E-state index contributed by atoms with van der Waals surface area (Å²) in [4.78, 5) is 19.3. The Morgan fingerprint density at radius 1 is 1.03 bits per heavy atom. The van der Waals surface area contributed by atoms with Crippen molar-refractivity contribution in [2.45, 2.75) is 38.5 Å². The van der Waals surface area contributed by atoms with E-state index in [0.29, 0.717) is 11.7 Å². The molecule has 4 rings (SSSR count). The van der Waals surface area contributed by atoms with Crippen molar-refractivity contribution in [3.8, 4) is 11.8 Å². The van der Waals surface area contributed by atoms with Gasteiger partial charge in [-0.1, -0.05) is 11.8 Å². The van der Waals surface area contributed by atoms with E-state index in [0.717, 1.165) is 50.3 Å². The summed E-state index contributed by atoms with van der Waals surface area (Å²) in [5.74, 6) is 8.89. The Kier molecular flexibility index (Phi) is 7.74. The highest BCUT2D eigenvalue weighted by Crippen LogP contribution is 2.20. The van der Waals surface area contributed by atoms with Gasteiger partial charge in [0.2, 0.25) is 5.91 Å². The predicted molar refractivity (Wildman–Crippen MR) is 120 cm³/mol. The van der Waals surface area contributed by atoms with Gasteiger partial charge in [-0.2, -0.15) is 0 Å². The first kappa shape index (κ1) is 21.3. The van der Waals surface area contributed by atoms with Crippen LogP contribution in [0.15, 0.2) is 18.3 Å². The fraction of sp³-hybridized carbons (Fsp3) is 0.667. The molecule has 0 spiro atoms. The first-order valence-electron chi connectivity index (χ1n) is 11.7. The maximum atomic E-state index is 12.3. The molecule has 0 aliphatic carbocycles. The van der Waals surface area contributed by atoms with Gasteiger partial charge in [-0.15, -0.1) is 0 Å². The number of pyridine rings is 1. The van der Waals surface area contributed by atoms with Crippen LogP contribution in [0.2, 0.25) is 0 Å². The van der Waals surface area contributed by atoms with Crippen LogP contribution in [0.1, 0.15) is 44.1 Å². The lowest BCUT2D eigenvalue weighted by molar-refractivity contribution is -0.120. The lowest BCUT2D eigenvalue weighted by Crippen LogP contribution is -2.40. The van der Waals surface area contributed by atoms with Crippen LogP contribution in [-0.4, -0.2) is 61.6 Å². The molecular weight excluding hydrogens is 374 g/mol. The summed E-state index contributed by atoms with van der Waals surface area (Å²) in [6.45, 7) is 7.79. The molecule has 162 valence electrons. The Labute approximate surface area is 180 Å². The van der Waals surface area contributed by atoms with E-state index in [1.54, 1.807) is 6.20 Å². The summed E-state index contributed by atoms with van der Waals surface area (Å²) in [5.41, 5.74) is 0.923. The third-order valence-electron chi connectivity index (χ3n) is 6.71. The summed E-state index contributed by atoms with van der Waals surface area (Å²) < 4.78 is 0. The summed E-state index contributed by atoms with van der Waals surface area (Å²) >= 11 is 0. The number of amides is 1.